The Labute approximate surface area is 203 Å². The molecule has 0 saturated carbocycles. The number of amides is 2. The monoisotopic (exact) mass is 484 g/mol. The molecule has 0 aliphatic rings. The molecule has 0 bridgehead atoms. The summed E-state index contributed by atoms with van der Waals surface area (Å²) >= 11 is 7.32. The Morgan fingerprint density at radius 3 is 2.55 bits per heavy atom. The fraction of sp³-hybridized carbons (Fsp3) is 0.360. The van der Waals surface area contributed by atoms with Gasteiger partial charge in [0, 0.05) is 23.4 Å². The molecule has 3 rings (SSSR count). The van der Waals surface area contributed by atoms with Gasteiger partial charge in [-0.3, -0.25) is 14.9 Å². The third-order valence-electron chi connectivity index (χ3n) is 5.17. The van der Waals surface area contributed by atoms with Gasteiger partial charge in [-0.25, -0.2) is 0 Å². The SMILES string of the molecule is CCCCCCCC(=O)NC(Cc1ccccc1)C(=O)Nc1nnc(-c2cccc(Cl)c2)s1. The lowest BCUT2D eigenvalue weighted by Crippen LogP contribution is -2.45. The highest BCUT2D eigenvalue weighted by Crippen LogP contribution is 2.28. The predicted molar refractivity (Wildman–Crippen MR) is 134 cm³/mol. The highest BCUT2D eigenvalue weighted by molar-refractivity contribution is 7.18. The maximum Gasteiger partial charge on any atom is 0.249 e. The van der Waals surface area contributed by atoms with Crippen molar-refractivity contribution in [2.24, 2.45) is 0 Å². The van der Waals surface area contributed by atoms with Gasteiger partial charge in [-0.05, 0) is 24.1 Å². The number of anilines is 1. The molecule has 1 aromatic heterocycles. The number of unbranched alkanes of at least 4 members (excludes halogenated alkanes) is 4. The molecule has 174 valence electrons. The molecule has 2 amide bonds. The largest absolute Gasteiger partial charge is 0.344 e. The van der Waals surface area contributed by atoms with Gasteiger partial charge in [-0.2, -0.15) is 0 Å². The van der Waals surface area contributed by atoms with E-state index in [1.807, 2.05) is 42.5 Å². The van der Waals surface area contributed by atoms with Gasteiger partial charge in [0.2, 0.25) is 16.9 Å². The number of halogens is 1. The lowest BCUT2D eigenvalue weighted by Gasteiger charge is -2.18. The number of carbonyl (C=O) groups is 2. The maximum atomic E-state index is 13.1. The molecule has 0 aliphatic heterocycles. The molecule has 6 nitrogen and oxygen atoms in total. The van der Waals surface area contributed by atoms with Crippen LogP contribution in [0.5, 0.6) is 0 Å². The standard InChI is InChI=1S/C25H29ClN4O2S/c1-2-3-4-5-9-15-22(31)27-21(16-18-11-7-6-8-12-18)23(32)28-25-30-29-24(33-25)19-13-10-14-20(26)17-19/h6-8,10-14,17,21H,2-5,9,15-16H2,1H3,(H,27,31)(H,28,30,32). The summed E-state index contributed by atoms with van der Waals surface area (Å²) < 4.78 is 0. The summed E-state index contributed by atoms with van der Waals surface area (Å²) in [5, 5.41) is 15.6. The third-order valence-corrected chi connectivity index (χ3v) is 6.29. The molecule has 2 aromatic carbocycles. The lowest BCUT2D eigenvalue weighted by molar-refractivity contribution is -0.126. The van der Waals surface area contributed by atoms with Crippen molar-refractivity contribution in [3.8, 4) is 10.6 Å². The van der Waals surface area contributed by atoms with Gasteiger partial charge >= 0.3 is 0 Å². The fourth-order valence-electron chi connectivity index (χ4n) is 3.42. The van der Waals surface area contributed by atoms with Gasteiger partial charge < -0.3 is 5.32 Å². The van der Waals surface area contributed by atoms with Crippen LogP contribution in [0.1, 0.15) is 51.0 Å². The zero-order valence-electron chi connectivity index (χ0n) is 18.7. The zero-order valence-corrected chi connectivity index (χ0v) is 20.3. The van der Waals surface area contributed by atoms with Crippen LogP contribution in [0, 0.1) is 0 Å². The van der Waals surface area contributed by atoms with E-state index in [0.29, 0.717) is 28.0 Å². The van der Waals surface area contributed by atoms with Crippen molar-refractivity contribution in [1.29, 1.82) is 0 Å². The molecule has 0 aliphatic carbocycles. The molecule has 2 N–H and O–H groups in total. The first kappa shape index (κ1) is 24.9. The Balaban J connectivity index is 1.64. The first-order chi connectivity index (χ1) is 16.0. The van der Waals surface area contributed by atoms with Gasteiger partial charge in [0.15, 0.2) is 0 Å². The van der Waals surface area contributed by atoms with E-state index in [-0.39, 0.29) is 11.8 Å². The van der Waals surface area contributed by atoms with E-state index in [1.54, 1.807) is 12.1 Å². The quantitative estimate of drug-likeness (QED) is 0.314. The average Bonchev–Trinajstić information content (AvgIpc) is 3.28. The summed E-state index contributed by atoms with van der Waals surface area (Å²) in [7, 11) is 0. The predicted octanol–water partition coefficient (Wildman–Crippen LogP) is 5.89. The number of benzene rings is 2. The smallest absolute Gasteiger partial charge is 0.249 e. The summed E-state index contributed by atoms with van der Waals surface area (Å²) in [5.74, 6) is -0.425. The molecule has 0 fully saturated rings. The molecule has 0 saturated heterocycles. The number of aromatic nitrogens is 2. The highest BCUT2D eigenvalue weighted by Gasteiger charge is 2.22. The van der Waals surface area contributed by atoms with Gasteiger partial charge in [0.25, 0.3) is 0 Å². The van der Waals surface area contributed by atoms with Crippen LogP contribution < -0.4 is 10.6 Å². The number of rotatable bonds is 12. The molecule has 0 radical (unpaired) electrons. The first-order valence-corrected chi connectivity index (χ1v) is 12.5. The number of nitrogens with zero attached hydrogens (tertiary/aromatic N) is 2. The van der Waals surface area contributed by atoms with Gasteiger partial charge in [0.05, 0.1) is 0 Å². The highest BCUT2D eigenvalue weighted by atomic mass is 35.5. The van der Waals surface area contributed by atoms with Crippen LogP contribution in [0.2, 0.25) is 5.02 Å². The number of carbonyl (C=O) groups excluding carboxylic acids is 2. The second kappa shape index (κ2) is 13.1. The summed E-state index contributed by atoms with van der Waals surface area (Å²) in [4.78, 5) is 25.6. The maximum absolute atomic E-state index is 13.1. The van der Waals surface area contributed by atoms with E-state index in [9.17, 15) is 9.59 Å². The Kier molecular flexibility index (Phi) is 9.84. The molecular weight excluding hydrogens is 456 g/mol. The molecule has 1 heterocycles. The molecular formula is C25H29ClN4O2S. The van der Waals surface area contributed by atoms with Crippen LogP contribution in [-0.2, 0) is 16.0 Å². The normalized spacial score (nSPS) is 11.7. The third kappa shape index (κ3) is 8.26. The van der Waals surface area contributed by atoms with Gasteiger partial charge in [0.1, 0.15) is 11.0 Å². The summed E-state index contributed by atoms with van der Waals surface area (Å²) in [6, 6.07) is 16.3. The van der Waals surface area contributed by atoms with E-state index in [1.165, 1.54) is 17.8 Å². The van der Waals surface area contributed by atoms with Gasteiger partial charge in [-0.1, -0.05) is 98.0 Å². The van der Waals surface area contributed by atoms with Crippen LogP contribution in [-0.4, -0.2) is 28.1 Å². The average molecular weight is 485 g/mol. The topological polar surface area (TPSA) is 84.0 Å². The van der Waals surface area contributed by atoms with Crippen LogP contribution >= 0.6 is 22.9 Å². The minimum atomic E-state index is -0.700. The van der Waals surface area contributed by atoms with Crippen LogP contribution in [0.4, 0.5) is 5.13 Å². The Morgan fingerprint density at radius 2 is 1.79 bits per heavy atom. The second-order valence-electron chi connectivity index (χ2n) is 7.89. The van der Waals surface area contributed by atoms with E-state index in [0.717, 1.165) is 36.8 Å². The molecule has 3 aromatic rings. The van der Waals surface area contributed by atoms with Crippen molar-refractivity contribution >= 4 is 39.9 Å². The van der Waals surface area contributed by atoms with E-state index in [4.69, 9.17) is 11.6 Å². The molecule has 8 heteroatoms. The minimum Gasteiger partial charge on any atom is -0.344 e. The van der Waals surface area contributed by atoms with Crippen molar-refractivity contribution in [1.82, 2.24) is 15.5 Å². The van der Waals surface area contributed by atoms with E-state index in [2.05, 4.69) is 27.8 Å². The molecule has 1 atom stereocenters. The van der Waals surface area contributed by atoms with Crippen molar-refractivity contribution in [3.63, 3.8) is 0 Å². The van der Waals surface area contributed by atoms with E-state index < -0.39 is 6.04 Å². The van der Waals surface area contributed by atoms with Crippen LogP contribution in [0.25, 0.3) is 10.6 Å². The van der Waals surface area contributed by atoms with Crippen LogP contribution in [0.3, 0.4) is 0 Å². The van der Waals surface area contributed by atoms with Gasteiger partial charge in [-0.15, -0.1) is 10.2 Å². The Bertz CT molecular complexity index is 1040. The zero-order chi connectivity index (χ0) is 23.5. The first-order valence-electron chi connectivity index (χ1n) is 11.3. The Morgan fingerprint density at radius 1 is 1.00 bits per heavy atom. The minimum absolute atomic E-state index is 0.112. The lowest BCUT2D eigenvalue weighted by atomic mass is 10.0. The van der Waals surface area contributed by atoms with Crippen molar-refractivity contribution in [3.05, 3.63) is 65.2 Å². The second-order valence-corrected chi connectivity index (χ2v) is 9.30. The molecule has 33 heavy (non-hydrogen) atoms. The molecule has 1 unspecified atom stereocenters. The molecule has 0 spiro atoms. The van der Waals surface area contributed by atoms with Crippen molar-refractivity contribution < 1.29 is 9.59 Å². The fourth-order valence-corrected chi connectivity index (χ4v) is 4.35. The summed E-state index contributed by atoms with van der Waals surface area (Å²) in [6.07, 6.45) is 6.13. The Hall–Kier alpha value is -2.77. The van der Waals surface area contributed by atoms with Crippen molar-refractivity contribution in [2.75, 3.05) is 5.32 Å². The number of hydrogen-bond acceptors (Lipinski definition) is 5. The number of nitrogens with one attached hydrogen (secondary N) is 2. The number of hydrogen-bond donors (Lipinski definition) is 2. The summed E-state index contributed by atoms with van der Waals surface area (Å²) in [5.41, 5.74) is 1.80. The van der Waals surface area contributed by atoms with E-state index >= 15 is 0 Å². The van der Waals surface area contributed by atoms with Crippen LogP contribution in [0.15, 0.2) is 54.6 Å². The summed E-state index contributed by atoms with van der Waals surface area (Å²) in [6.45, 7) is 2.16. The van der Waals surface area contributed by atoms with Crippen molar-refractivity contribution in [2.45, 2.75) is 57.9 Å².